The van der Waals surface area contributed by atoms with Crippen molar-refractivity contribution in [2.75, 3.05) is 26.7 Å². The maximum Gasteiger partial charge on any atom is 0.251 e. The van der Waals surface area contributed by atoms with Gasteiger partial charge >= 0.3 is 0 Å². The molecule has 3 rings (SSSR count). The molecule has 1 unspecified atom stereocenters. The molecule has 1 saturated heterocycles. The number of likely N-dealkylation sites (tertiary alicyclic amines) is 1. The highest BCUT2D eigenvalue weighted by molar-refractivity contribution is 5.95. The van der Waals surface area contributed by atoms with Gasteiger partial charge in [0.05, 0.1) is 0 Å². The van der Waals surface area contributed by atoms with Crippen molar-refractivity contribution >= 4 is 5.91 Å². The maximum atomic E-state index is 12.4. The standard InChI is InChI=1S/C20H25N3O2/c1-23-11-5-6-15(14-23)9-10-21-20(25)17-12-18(22-19(24)13-17)16-7-3-2-4-8-16/h2-4,7-8,12-13,15H,5-6,9-11,14H2,1H3,(H,21,25)(H,22,24). The molecule has 1 fully saturated rings. The van der Waals surface area contributed by atoms with Crippen LogP contribution < -0.4 is 10.9 Å². The lowest BCUT2D eigenvalue weighted by atomic mass is 9.95. The summed E-state index contributed by atoms with van der Waals surface area (Å²) >= 11 is 0. The summed E-state index contributed by atoms with van der Waals surface area (Å²) in [5, 5.41) is 2.96. The number of hydrogen-bond acceptors (Lipinski definition) is 3. The number of amides is 1. The molecule has 5 heteroatoms. The van der Waals surface area contributed by atoms with E-state index in [0.717, 1.165) is 25.1 Å². The Balaban J connectivity index is 1.62. The first-order valence-corrected chi connectivity index (χ1v) is 8.88. The molecular weight excluding hydrogens is 314 g/mol. The summed E-state index contributed by atoms with van der Waals surface area (Å²) in [4.78, 5) is 29.5. The zero-order valence-corrected chi connectivity index (χ0v) is 14.6. The predicted molar refractivity (Wildman–Crippen MR) is 99.7 cm³/mol. The number of piperidine rings is 1. The number of aromatic nitrogens is 1. The van der Waals surface area contributed by atoms with Crippen LogP contribution >= 0.6 is 0 Å². The van der Waals surface area contributed by atoms with Crippen LogP contribution in [-0.4, -0.2) is 42.5 Å². The average Bonchev–Trinajstić information content (AvgIpc) is 2.62. The molecule has 1 aliphatic heterocycles. The van der Waals surface area contributed by atoms with E-state index >= 15 is 0 Å². The van der Waals surface area contributed by atoms with Crippen molar-refractivity contribution in [3.63, 3.8) is 0 Å². The second kappa shape index (κ2) is 8.12. The van der Waals surface area contributed by atoms with E-state index in [2.05, 4.69) is 22.2 Å². The Labute approximate surface area is 148 Å². The Kier molecular flexibility index (Phi) is 5.66. The molecule has 1 aromatic heterocycles. The second-order valence-corrected chi connectivity index (χ2v) is 6.83. The van der Waals surface area contributed by atoms with Gasteiger partial charge in [0.1, 0.15) is 0 Å². The molecule has 5 nitrogen and oxygen atoms in total. The highest BCUT2D eigenvalue weighted by atomic mass is 16.2. The number of H-pyrrole nitrogens is 1. The van der Waals surface area contributed by atoms with Crippen LogP contribution in [0.1, 0.15) is 29.6 Å². The van der Waals surface area contributed by atoms with Crippen molar-refractivity contribution in [1.29, 1.82) is 0 Å². The van der Waals surface area contributed by atoms with Gasteiger partial charge in [-0.25, -0.2) is 0 Å². The maximum absolute atomic E-state index is 12.4. The summed E-state index contributed by atoms with van der Waals surface area (Å²) < 4.78 is 0. The highest BCUT2D eigenvalue weighted by Crippen LogP contribution is 2.18. The predicted octanol–water partition coefficient (Wildman–Crippen LogP) is 2.50. The zero-order valence-electron chi connectivity index (χ0n) is 14.6. The third kappa shape index (κ3) is 4.79. The van der Waals surface area contributed by atoms with Crippen molar-refractivity contribution in [2.45, 2.75) is 19.3 Å². The second-order valence-electron chi connectivity index (χ2n) is 6.83. The fourth-order valence-electron chi connectivity index (χ4n) is 3.45. The minimum Gasteiger partial charge on any atom is -0.352 e. The molecule has 1 aromatic carbocycles. The van der Waals surface area contributed by atoms with Crippen LogP contribution in [0.2, 0.25) is 0 Å². The number of carbonyl (C=O) groups excluding carboxylic acids is 1. The topological polar surface area (TPSA) is 65.2 Å². The van der Waals surface area contributed by atoms with E-state index < -0.39 is 0 Å². The van der Waals surface area contributed by atoms with Gasteiger partial charge in [-0.05, 0) is 50.4 Å². The number of aromatic amines is 1. The molecule has 0 aliphatic carbocycles. The van der Waals surface area contributed by atoms with Crippen molar-refractivity contribution in [3.8, 4) is 11.3 Å². The number of benzene rings is 1. The molecule has 2 heterocycles. The summed E-state index contributed by atoms with van der Waals surface area (Å²) in [5.41, 5.74) is 1.69. The number of nitrogens with one attached hydrogen (secondary N) is 2. The average molecular weight is 339 g/mol. The van der Waals surface area contributed by atoms with Gasteiger partial charge in [-0.3, -0.25) is 9.59 Å². The lowest BCUT2D eigenvalue weighted by Gasteiger charge is -2.29. The van der Waals surface area contributed by atoms with Crippen molar-refractivity contribution in [2.24, 2.45) is 5.92 Å². The Morgan fingerprint density at radius 1 is 1.28 bits per heavy atom. The van der Waals surface area contributed by atoms with Gasteiger partial charge in [0.25, 0.3) is 5.91 Å². The molecule has 0 saturated carbocycles. The quantitative estimate of drug-likeness (QED) is 0.880. The van der Waals surface area contributed by atoms with Crippen LogP contribution in [0.15, 0.2) is 47.3 Å². The number of carbonyl (C=O) groups is 1. The van der Waals surface area contributed by atoms with Gasteiger partial charge in [-0.15, -0.1) is 0 Å². The highest BCUT2D eigenvalue weighted by Gasteiger charge is 2.17. The van der Waals surface area contributed by atoms with E-state index in [1.165, 1.54) is 18.9 Å². The van der Waals surface area contributed by atoms with E-state index in [1.54, 1.807) is 6.07 Å². The number of nitrogens with zero attached hydrogens (tertiary/aromatic N) is 1. The van der Waals surface area contributed by atoms with Crippen LogP contribution in [0.4, 0.5) is 0 Å². The molecule has 2 aromatic rings. The Bertz CT molecular complexity index is 770. The molecule has 1 atom stereocenters. The first kappa shape index (κ1) is 17.4. The SMILES string of the molecule is CN1CCCC(CCNC(=O)c2cc(-c3ccccc3)[nH]c(=O)c2)C1. The van der Waals surface area contributed by atoms with E-state index in [4.69, 9.17) is 0 Å². The summed E-state index contributed by atoms with van der Waals surface area (Å²) in [6.45, 7) is 2.90. The van der Waals surface area contributed by atoms with Gasteiger partial charge in [0.15, 0.2) is 0 Å². The van der Waals surface area contributed by atoms with Gasteiger partial charge < -0.3 is 15.2 Å². The molecule has 25 heavy (non-hydrogen) atoms. The molecule has 0 radical (unpaired) electrons. The van der Waals surface area contributed by atoms with E-state index in [0.29, 0.717) is 23.7 Å². The first-order chi connectivity index (χ1) is 12.1. The number of rotatable bonds is 5. The lowest BCUT2D eigenvalue weighted by Crippen LogP contribution is -2.34. The third-order valence-electron chi connectivity index (χ3n) is 4.75. The van der Waals surface area contributed by atoms with Crippen LogP contribution in [0, 0.1) is 5.92 Å². The smallest absolute Gasteiger partial charge is 0.251 e. The van der Waals surface area contributed by atoms with E-state index in [-0.39, 0.29) is 11.5 Å². The van der Waals surface area contributed by atoms with Gasteiger partial charge in [-0.1, -0.05) is 30.3 Å². The van der Waals surface area contributed by atoms with Gasteiger partial charge in [0.2, 0.25) is 5.56 Å². The van der Waals surface area contributed by atoms with E-state index in [9.17, 15) is 9.59 Å². The number of hydrogen-bond donors (Lipinski definition) is 2. The van der Waals surface area contributed by atoms with Gasteiger partial charge in [-0.2, -0.15) is 0 Å². The zero-order chi connectivity index (χ0) is 17.6. The van der Waals surface area contributed by atoms with E-state index in [1.807, 2.05) is 30.3 Å². The van der Waals surface area contributed by atoms with Crippen molar-refractivity contribution in [3.05, 3.63) is 58.4 Å². The normalized spacial score (nSPS) is 18.0. The fraction of sp³-hybridized carbons (Fsp3) is 0.400. The molecular formula is C20H25N3O2. The molecule has 2 N–H and O–H groups in total. The third-order valence-corrected chi connectivity index (χ3v) is 4.75. The Morgan fingerprint density at radius 3 is 2.84 bits per heavy atom. The monoisotopic (exact) mass is 339 g/mol. The van der Waals surface area contributed by atoms with Crippen molar-refractivity contribution < 1.29 is 4.79 Å². The Morgan fingerprint density at radius 2 is 2.08 bits per heavy atom. The molecule has 1 aliphatic rings. The molecule has 1 amide bonds. The molecule has 0 spiro atoms. The minimum atomic E-state index is -0.264. The fourth-order valence-corrected chi connectivity index (χ4v) is 3.45. The molecule has 132 valence electrons. The van der Waals surface area contributed by atoms with Crippen LogP contribution in [-0.2, 0) is 0 Å². The summed E-state index contributed by atoms with van der Waals surface area (Å²) in [7, 11) is 2.14. The lowest BCUT2D eigenvalue weighted by molar-refractivity contribution is 0.0948. The van der Waals surface area contributed by atoms with Crippen molar-refractivity contribution in [1.82, 2.24) is 15.2 Å². The summed E-state index contributed by atoms with van der Waals surface area (Å²) in [6, 6.07) is 12.6. The first-order valence-electron chi connectivity index (χ1n) is 8.88. The number of pyridine rings is 1. The summed E-state index contributed by atoms with van der Waals surface area (Å²) in [6.07, 6.45) is 3.43. The van der Waals surface area contributed by atoms with Crippen LogP contribution in [0.25, 0.3) is 11.3 Å². The van der Waals surface area contributed by atoms with Crippen LogP contribution in [0.5, 0.6) is 0 Å². The largest absolute Gasteiger partial charge is 0.352 e. The van der Waals surface area contributed by atoms with Crippen LogP contribution in [0.3, 0.4) is 0 Å². The Hall–Kier alpha value is -2.40. The van der Waals surface area contributed by atoms with Gasteiger partial charge in [0, 0.05) is 30.4 Å². The molecule has 0 bridgehead atoms. The minimum absolute atomic E-state index is 0.188. The summed E-state index contributed by atoms with van der Waals surface area (Å²) in [5.74, 6) is 0.450.